The average Bonchev–Trinajstić information content (AvgIpc) is 2.45. The third-order valence-electron chi connectivity index (χ3n) is 3.13. The Morgan fingerprint density at radius 1 is 0.714 bits per heavy atom. The van der Waals surface area contributed by atoms with E-state index in [0.717, 1.165) is 0 Å². The highest BCUT2D eigenvalue weighted by atomic mass is 28.5. The van der Waals surface area contributed by atoms with Gasteiger partial charge in [-0.15, -0.1) is 0 Å². The summed E-state index contributed by atoms with van der Waals surface area (Å²) in [5, 5.41) is 2.64. The molecule has 0 bridgehead atoms. The van der Waals surface area contributed by atoms with Crippen LogP contribution in [0.4, 0.5) is 0 Å². The summed E-state index contributed by atoms with van der Waals surface area (Å²) in [4.78, 5) is 0. The van der Waals surface area contributed by atoms with Crippen LogP contribution in [0.2, 0.25) is 26.2 Å². The van der Waals surface area contributed by atoms with Crippen molar-refractivity contribution in [3.63, 3.8) is 0 Å². The molecule has 0 saturated carbocycles. The Balaban J connectivity index is 2.29. The summed E-state index contributed by atoms with van der Waals surface area (Å²) in [6.45, 7) is 8.76. The van der Waals surface area contributed by atoms with Gasteiger partial charge in [0.05, 0.1) is 0 Å². The molecule has 2 rings (SSSR count). The van der Waals surface area contributed by atoms with Crippen molar-refractivity contribution < 1.29 is 8.23 Å². The van der Waals surface area contributed by atoms with Crippen LogP contribution in [0.1, 0.15) is 0 Å². The maximum Gasteiger partial charge on any atom is 0.311 e. The maximum absolute atomic E-state index is 6.61. The highest BCUT2D eigenvalue weighted by Gasteiger charge is 2.31. The molecule has 0 fully saturated rings. The number of rotatable bonds is 6. The first-order valence-electron chi connectivity index (χ1n) is 7.43. The summed E-state index contributed by atoms with van der Waals surface area (Å²) in [5.41, 5.74) is 0. The number of hydrogen-bond acceptors (Lipinski definition) is 2. The molecule has 0 aliphatic carbocycles. The lowest BCUT2D eigenvalue weighted by Crippen LogP contribution is -2.54. The molecule has 0 heterocycles. The van der Waals surface area contributed by atoms with E-state index in [0.29, 0.717) is 0 Å². The largest absolute Gasteiger partial charge is 0.440 e. The Labute approximate surface area is 132 Å². The molecule has 0 unspecified atom stereocenters. The minimum Gasteiger partial charge on any atom is -0.440 e. The van der Waals surface area contributed by atoms with Crippen molar-refractivity contribution in [2.75, 3.05) is 0 Å². The molecule has 0 aromatic heterocycles. The molecule has 2 aromatic carbocycles. The van der Waals surface area contributed by atoms with E-state index in [-0.39, 0.29) is 0 Å². The van der Waals surface area contributed by atoms with Crippen molar-refractivity contribution in [2.24, 2.45) is 0 Å². The van der Waals surface area contributed by atoms with Crippen molar-refractivity contribution in [1.29, 1.82) is 0 Å². The van der Waals surface area contributed by atoms with Gasteiger partial charge in [-0.05, 0) is 36.6 Å². The van der Waals surface area contributed by atoms with Gasteiger partial charge in [-0.1, -0.05) is 60.7 Å². The Morgan fingerprint density at radius 2 is 1.14 bits per heavy atom. The van der Waals surface area contributed by atoms with Crippen LogP contribution in [-0.4, -0.2) is 26.6 Å². The average molecular weight is 333 g/mol. The molecule has 0 spiro atoms. The molecule has 0 amide bonds. The Kier molecular flexibility index (Phi) is 5.72. The normalized spacial score (nSPS) is 12.1. The van der Waals surface area contributed by atoms with Gasteiger partial charge >= 0.3 is 8.56 Å². The summed E-state index contributed by atoms with van der Waals surface area (Å²) in [7, 11) is -4.83. The molecule has 0 aliphatic heterocycles. The van der Waals surface area contributed by atoms with Crippen molar-refractivity contribution in [2.45, 2.75) is 26.2 Å². The van der Waals surface area contributed by atoms with E-state index in [9.17, 15) is 0 Å². The Morgan fingerprint density at radius 3 is 1.52 bits per heavy atom. The fourth-order valence-corrected chi connectivity index (χ4v) is 12.6. The van der Waals surface area contributed by atoms with Crippen molar-refractivity contribution in [1.82, 2.24) is 0 Å². The molecule has 112 valence electrons. The molecule has 5 heteroatoms. The zero-order valence-electron chi connectivity index (χ0n) is 13.2. The second kappa shape index (κ2) is 7.33. The summed E-state index contributed by atoms with van der Waals surface area (Å²) >= 11 is 0. The van der Waals surface area contributed by atoms with E-state index in [1.165, 1.54) is 10.4 Å². The van der Waals surface area contributed by atoms with E-state index < -0.39 is 26.6 Å². The standard InChI is InChI=1S/C16H24O2Si3/c1-19(2)17-21(3,4)18-20(15-11-7-5-8-12-15)16-13-9-6-10-14-16/h5-14,19-20H,1-4H3. The third-order valence-corrected chi connectivity index (χ3v) is 12.5. The highest BCUT2D eigenvalue weighted by molar-refractivity contribution is 6.88. The quantitative estimate of drug-likeness (QED) is 0.755. The van der Waals surface area contributed by atoms with Crippen LogP contribution in [0.3, 0.4) is 0 Å². The predicted octanol–water partition coefficient (Wildman–Crippen LogP) is 2.24. The minimum absolute atomic E-state index is 1.08. The van der Waals surface area contributed by atoms with Crippen molar-refractivity contribution in [3.8, 4) is 0 Å². The summed E-state index contributed by atoms with van der Waals surface area (Å²) in [6, 6.07) is 21.2. The maximum atomic E-state index is 6.61. The SMILES string of the molecule is C[SiH](C)O[Si](C)(C)O[SiH](c1ccccc1)c1ccccc1. The van der Waals surface area contributed by atoms with Gasteiger partial charge in [0.2, 0.25) is 9.04 Å². The molecule has 2 aromatic rings. The number of benzene rings is 2. The topological polar surface area (TPSA) is 18.5 Å². The van der Waals surface area contributed by atoms with Crippen LogP contribution in [0.25, 0.3) is 0 Å². The van der Waals surface area contributed by atoms with Crippen LogP contribution in [0.5, 0.6) is 0 Å². The molecule has 0 atom stereocenters. The fraction of sp³-hybridized carbons (Fsp3) is 0.250. The van der Waals surface area contributed by atoms with Crippen molar-refractivity contribution >= 4 is 37.0 Å². The van der Waals surface area contributed by atoms with Gasteiger partial charge in [-0.3, -0.25) is 0 Å². The third kappa shape index (κ3) is 5.05. The highest BCUT2D eigenvalue weighted by Crippen LogP contribution is 2.10. The Bertz CT molecular complexity index is 504. The summed E-state index contributed by atoms with van der Waals surface area (Å²) in [5.74, 6) is 0. The monoisotopic (exact) mass is 332 g/mol. The molecule has 2 nitrogen and oxygen atoms in total. The zero-order chi connectivity index (χ0) is 15.3. The predicted molar refractivity (Wildman–Crippen MR) is 97.8 cm³/mol. The Hall–Kier alpha value is -0.989. The molecule has 21 heavy (non-hydrogen) atoms. The molecule has 0 saturated heterocycles. The second-order valence-corrected chi connectivity index (χ2v) is 14.8. The lowest BCUT2D eigenvalue weighted by atomic mass is 10.4. The summed E-state index contributed by atoms with van der Waals surface area (Å²) in [6.07, 6.45) is 0. The van der Waals surface area contributed by atoms with E-state index in [1.807, 2.05) is 0 Å². The van der Waals surface area contributed by atoms with Gasteiger partial charge in [0.25, 0.3) is 0 Å². The van der Waals surface area contributed by atoms with Gasteiger partial charge in [0.15, 0.2) is 9.04 Å². The van der Waals surface area contributed by atoms with E-state index in [4.69, 9.17) is 8.23 Å². The lowest BCUT2D eigenvalue weighted by Gasteiger charge is -2.31. The molecule has 0 aliphatic rings. The van der Waals surface area contributed by atoms with Gasteiger partial charge < -0.3 is 8.23 Å². The smallest absolute Gasteiger partial charge is 0.311 e. The van der Waals surface area contributed by atoms with Crippen molar-refractivity contribution in [3.05, 3.63) is 60.7 Å². The second-order valence-electron chi connectivity index (χ2n) is 5.89. The van der Waals surface area contributed by atoms with Crippen LogP contribution < -0.4 is 10.4 Å². The molecule has 0 radical (unpaired) electrons. The van der Waals surface area contributed by atoms with Gasteiger partial charge in [-0.25, -0.2) is 0 Å². The summed E-state index contributed by atoms with van der Waals surface area (Å²) < 4.78 is 12.8. The van der Waals surface area contributed by atoms with Gasteiger partial charge in [0, 0.05) is 0 Å². The lowest BCUT2D eigenvalue weighted by molar-refractivity contribution is 0.419. The van der Waals surface area contributed by atoms with Crippen LogP contribution in [0, 0.1) is 0 Å². The van der Waals surface area contributed by atoms with Gasteiger partial charge in [-0.2, -0.15) is 0 Å². The molecular formula is C16H24O2Si3. The first-order chi connectivity index (χ1) is 9.98. The van der Waals surface area contributed by atoms with Crippen LogP contribution in [0.15, 0.2) is 60.7 Å². The van der Waals surface area contributed by atoms with E-state index in [1.54, 1.807) is 0 Å². The fourth-order valence-electron chi connectivity index (χ4n) is 2.46. The van der Waals surface area contributed by atoms with Gasteiger partial charge in [0.1, 0.15) is 0 Å². The zero-order valence-corrected chi connectivity index (χ0v) is 16.6. The molecule has 0 N–H and O–H groups in total. The van der Waals surface area contributed by atoms with Crippen LogP contribution in [-0.2, 0) is 8.23 Å². The van der Waals surface area contributed by atoms with Crippen LogP contribution >= 0.6 is 0 Å². The first-order valence-corrected chi connectivity index (χ1v) is 14.7. The van der Waals surface area contributed by atoms with E-state index in [2.05, 4.69) is 86.9 Å². The van der Waals surface area contributed by atoms with E-state index >= 15 is 0 Å². The molecular weight excluding hydrogens is 308 g/mol. The first kappa shape index (κ1) is 16.4. The minimum atomic E-state index is -2.07. The number of hydrogen-bond donors (Lipinski definition) is 0.